The first-order chi connectivity index (χ1) is 10.2. The van der Waals surface area contributed by atoms with Crippen LogP contribution in [-0.2, 0) is 0 Å². The number of carbonyl (C=O) groups is 1. The second-order valence-electron chi connectivity index (χ2n) is 5.82. The largest absolute Gasteiger partial charge is 0.573 e. The van der Waals surface area contributed by atoms with Crippen LogP contribution in [0.2, 0.25) is 0 Å². The lowest BCUT2D eigenvalue weighted by molar-refractivity contribution is -0.274. The van der Waals surface area contributed by atoms with Gasteiger partial charge in [0.15, 0.2) is 0 Å². The third-order valence-electron chi connectivity index (χ3n) is 3.82. The highest BCUT2D eigenvalue weighted by molar-refractivity contribution is 5.94. The van der Waals surface area contributed by atoms with E-state index < -0.39 is 11.9 Å². The van der Waals surface area contributed by atoms with Crippen molar-refractivity contribution in [3.8, 4) is 5.75 Å². The van der Waals surface area contributed by atoms with Crippen molar-refractivity contribution in [2.45, 2.75) is 50.6 Å². The fraction of sp³-hybridized carbons (Fsp3) is 0.533. The first-order valence-corrected chi connectivity index (χ1v) is 7.03. The summed E-state index contributed by atoms with van der Waals surface area (Å²) in [5.74, 6) is -0.714. The van der Waals surface area contributed by atoms with E-state index in [4.69, 9.17) is 0 Å². The number of hydrogen-bond donors (Lipinski definition) is 2. The molecule has 7 heteroatoms. The molecule has 2 rings (SSSR count). The van der Waals surface area contributed by atoms with Gasteiger partial charge in [-0.3, -0.25) is 4.79 Å². The normalized spacial score (nSPS) is 25.6. The van der Waals surface area contributed by atoms with Gasteiger partial charge in [-0.25, -0.2) is 0 Å². The van der Waals surface area contributed by atoms with Gasteiger partial charge in [-0.05, 0) is 56.9 Å². The molecule has 1 aliphatic rings. The Hall–Kier alpha value is -1.76. The van der Waals surface area contributed by atoms with Crippen molar-refractivity contribution in [3.63, 3.8) is 0 Å². The zero-order chi connectivity index (χ0) is 16.4. The average molecular weight is 317 g/mol. The number of aliphatic hydroxyl groups is 1. The van der Waals surface area contributed by atoms with Crippen LogP contribution in [0.5, 0.6) is 5.75 Å². The predicted molar refractivity (Wildman–Crippen MR) is 73.5 cm³/mol. The first kappa shape index (κ1) is 16.6. The van der Waals surface area contributed by atoms with Gasteiger partial charge in [-0.2, -0.15) is 0 Å². The lowest BCUT2D eigenvalue weighted by atomic mass is 9.82. The van der Waals surface area contributed by atoms with Crippen LogP contribution in [0.1, 0.15) is 43.0 Å². The maximum absolute atomic E-state index is 12.2. The molecule has 4 nitrogen and oxygen atoms in total. The second kappa shape index (κ2) is 6.16. The Labute approximate surface area is 126 Å². The summed E-state index contributed by atoms with van der Waals surface area (Å²) in [7, 11) is 0. The number of amides is 1. The van der Waals surface area contributed by atoms with Crippen LogP contribution in [0.4, 0.5) is 13.2 Å². The van der Waals surface area contributed by atoms with Gasteiger partial charge in [0.2, 0.25) is 0 Å². The Kier molecular flexibility index (Phi) is 4.65. The fourth-order valence-electron chi connectivity index (χ4n) is 2.52. The summed E-state index contributed by atoms with van der Waals surface area (Å²) in [5.41, 5.74) is -0.140. The molecule has 0 heterocycles. The van der Waals surface area contributed by atoms with Crippen LogP contribution in [0.3, 0.4) is 0 Å². The molecule has 1 saturated carbocycles. The molecule has 122 valence electrons. The summed E-state index contributed by atoms with van der Waals surface area (Å²) in [6.45, 7) is 1.90. The van der Waals surface area contributed by atoms with E-state index in [9.17, 15) is 23.1 Å². The number of halogens is 3. The molecule has 0 aliphatic heterocycles. The van der Waals surface area contributed by atoms with Gasteiger partial charge in [0, 0.05) is 11.1 Å². The van der Waals surface area contributed by atoms with E-state index in [1.54, 1.807) is 0 Å². The summed E-state index contributed by atoms with van der Waals surface area (Å²) in [4.78, 5) is 12.2. The molecular formula is C15H18F3NO3. The number of carbonyl (C=O) groups excluding carboxylic acids is 1. The van der Waals surface area contributed by atoms with Crippen molar-refractivity contribution < 1.29 is 27.8 Å². The summed E-state index contributed by atoms with van der Waals surface area (Å²) >= 11 is 0. The van der Waals surface area contributed by atoms with Gasteiger partial charge < -0.3 is 15.2 Å². The third-order valence-corrected chi connectivity index (χ3v) is 3.82. The minimum absolute atomic E-state index is 0.266. The molecule has 0 radical (unpaired) electrons. The summed E-state index contributed by atoms with van der Waals surface area (Å²) in [6, 6.07) is 4.79. The third kappa shape index (κ3) is 4.62. The number of ether oxygens (including phenoxy) is 1. The molecule has 0 unspecified atom stereocenters. The summed E-state index contributed by atoms with van der Waals surface area (Å²) < 4.78 is 40.0. The number of nitrogens with one attached hydrogen (secondary N) is 1. The zero-order valence-electron chi connectivity index (χ0n) is 12.1. The van der Waals surface area contributed by atoms with Crippen molar-refractivity contribution in [1.82, 2.24) is 5.32 Å². The SMILES string of the molecule is CC1(NC(=O)c2ccc(OC(F)(F)F)cc2)CCC(O)CC1. The maximum Gasteiger partial charge on any atom is 0.573 e. The molecule has 1 amide bonds. The predicted octanol–water partition coefficient (Wildman–Crippen LogP) is 3.01. The zero-order valence-corrected chi connectivity index (χ0v) is 12.1. The van der Waals surface area contributed by atoms with Crippen molar-refractivity contribution in [2.24, 2.45) is 0 Å². The van der Waals surface area contributed by atoms with Gasteiger partial charge >= 0.3 is 6.36 Å². The fourth-order valence-corrected chi connectivity index (χ4v) is 2.52. The van der Waals surface area contributed by atoms with E-state index in [1.807, 2.05) is 6.92 Å². The Balaban J connectivity index is 1.98. The number of aliphatic hydroxyl groups excluding tert-OH is 1. The number of benzene rings is 1. The lowest BCUT2D eigenvalue weighted by Gasteiger charge is -2.36. The van der Waals surface area contributed by atoms with E-state index >= 15 is 0 Å². The molecule has 1 fully saturated rings. The van der Waals surface area contributed by atoms with Crippen LogP contribution in [0.25, 0.3) is 0 Å². The number of alkyl halides is 3. The topological polar surface area (TPSA) is 58.6 Å². The Morgan fingerprint density at radius 3 is 2.32 bits per heavy atom. The van der Waals surface area contributed by atoms with Gasteiger partial charge in [0.05, 0.1) is 6.10 Å². The molecule has 1 aromatic carbocycles. The van der Waals surface area contributed by atoms with Gasteiger partial charge in [-0.1, -0.05) is 0 Å². The molecule has 0 aromatic heterocycles. The molecule has 1 aromatic rings. The summed E-state index contributed by atoms with van der Waals surface area (Å²) in [6.07, 6.45) is -2.52. The Morgan fingerprint density at radius 2 is 1.82 bits per heavy atom. The van der Waals surface area contributed by atoms with Crippen molar-refractivity contribution in [1.29, 1.82) is 0 Å². The van der Waals surface area contributed by atoms with Crippen molar-refractivity contribution >= 4 is 5.91 Å². The van der Waals surface area contributed by atoms with E-state index in [0.717, 1.165) is 12.1 Å². The average Bonchev–Trinajstić information content (AvgIpc) is 2.41. The van der Waals surface area contributed by atoms with Gasteiger partial charge in [-0.15, -0.1) is 13.2 Å². The highest BCUT2D eigenvalue weighted by Crippen LogP contribution is 2.28. The van der Waals surface area contributed by atoms with Crippen LogP contribution < -0.4 is 10.1 Å². The van der Waals surface area contributed by atoms with E-state index in [2.05, 4.69) is 10.1 Å². The van der Waals surface area contributed by atoms with Crippen molar-refractivity contribution in [3.05, 3.63) is 29.8 Å². The minimum Gasteiger partial charge on any atom is -0.406 e. The molecule has 0 saturated heterocycles. The van der Waals surface area contributed by atoms with Crippen LogP contribution in [0, 0.1) is 0 Å². The summed E-state index contributed by atoms with van der Waals surface area (Å²) in [5, 5.41) is 12.4. The maximum atomic E-state index is 12.2. The molecular weight excluding hydrogens is 299 g/mol. The lowest BCUT2D eigenvalue weighted by Crippen LogP contribution is -2.49. The second-order valence-corrected chi connectivity index (χ2v) is 5.82. The minimum atomic E-state index is -4.75. The molecule has 0 bridgehead atoms. The monoisotopic (exact) mass is 317 g/mol. The quantitative estimate of drug-likeness (QED) is 0.901. The molecule has 2 N–H and O–H groups in total. The first-order valence-electron chi connectivity index (χ1n) is 7.03. The van der Waals surface area contributed by atoms with Gasteiger partial charge in [0.1, 0.15) is 5.75 Å². The number of rotatable bonds is 3. The smallest absolute Gasteiger partial charge is 0.406 e. The molecule has 0 spiro atoms. The highest BCUT2D eigenvalue weighted by atomic mass is 19.4. The van der Waals surface area contributed by atoms with Crippen LogP contribution in [-0.4, -0.2) is 29.0 Å². The Bertz CT molecular complexity index is 520. The number of hydrogen-bond acceptors (Lipinski definition) is 3. The van der Waals surface area contributed by atoms with Crippen LogP contribution >= 0.6 is 0 Å². The Morgan fingerprint density at radius 1 is 1.27 bits per heavy atom. The van der Waals surface area contributed by atoms with E-state index in [0.29, 0.717) is 25.7 Å². The van der Waals surface area contributed by atoms with E-state index in [1.165, 1.54) is 12.1 Å². The molecule has 22 heavy (non-hydrogen) atoms. The highest BCUT2D eigenvalue weighted by Gasteiger charge is 2.33. The van der Waals surface area contributed by atoms with Crippen molar-refractivity contribution in [2.75, 3.05) is 0 Å². The van der Waals surface area contributed by atoms with E-state index in [-0.39, 0.29) is 23.3 Å². The molecule has 0 atom stereocenters. The van der Waals surface area contributed by atoms with Gasteiger partial charge in [0.25, 0.3) is 5.91 Å². The standard InChI is InChI=1S/C15H18F3NO3/c1-14(8-6-11(20)7-9-14)19-13(21)10-2-4-12(5-3-10)22-15(16,17)18/h2-5,11,20H,6-9H2,1H3,(H,19,21). The van der Waals surface area contributed by atoms with Crippen LogP contribution in [0.15, 0.2) is 24.3 Å². The molecule has 1 aliphatic carbocycles.